The van der Waals surface area contributed by atoms with Gasteiger partial charge < -0.3 is 15.8 Å². The third kappa shape index (κ3) is 6.05. The zero-order chi connectivity index (χ0) is 13.5. The van der Waals surface area contributed by atoms with Crippen LogP contribution in [0.15, 0.2) is 24.3 Å². The summed E-state index contributed by atoms with van der Waals surface area (Å²) in [6.07, 6.45) is 0. The first-order chi connectivity index (χ1) is 8.54. The molecule has 1 aromatic rings. The summed E-state index contributed by atoms with van der Waals surface area (Å²) in [4.78, 5) is 11.2. The van der Waals surface area contributed by atoms with Gasteiger partial charge in [-0.15, -0.1) is 12.4 Å². The smallest absolute Gasteiger partial charge is 0.246 e. The van der Waals surface area contributed by atoms with Crippen molar-refractivity contribution >= 4 is 18.3 Å². The minimum absolute atomic E-state index is 0. The first-order valence-electron chi connectivity index (χ1n) is 6.15. The molecule has 0 saturated carbocycles. The van der Waals surface area contributed by atoms with Gasteiger partial charge in [0.05, 0.1) is 0 Å². The predicted molar refractivity (Wildman–Crippen MR) is 79.6 cm³/mol. The SMILES string of the molecule is COCC(=O)NCC(N)c1ccc(C(C)C)cc1.Cl. The van der Waals surface area contributed by atoms with Gasteiger partial charge in [0.15, 0.2) is 0 Å². The Hall–Kier alpha value is -1.10. The first kappa shape index (κ1) is 17.9. The van der Waals surface area contributed by atoms with Crippen LogP contribution < -0.4 is 11.1 Å². The largest absolute Gasteiger partial charge is 0.375 e. The van der Waals surface area contributed by atoms with Crippen LogP contribution in [0.2, 0.25) is 0 Å². The van der Waals surface area contributed by atoms with Gasteiger partial charge in [-0.25, -0.2) is 0 Å². The summed E-state index contributed by atoms with van der Waals surface area (Å²) in [6, 6.07) is 8.01. The summed E-state index contributed by atoms with van der Waals surface area (Å²) in [7, 11) is 1.49. The lowest BCUT2D eigenvalue weighted by molar-refractivity contribution is -0.124. The Morgan fingerprint density at radius 1 is 1.26 bits per heavy atom. The van der Waals surface area contributed by atoms with Gasteiger partial charge in [0.2, 0.25) is 5.91 Å². The molecule has 0 bridgehead atoms. The summed E-state index contributed by atoms with van der Waals surface area (Å²) in [5.41, 5.74) is 8.32. The lowest BCUT2D eigenvalue weighted by Crippen LogP contribution is -2.34. The average Bonchev–Trinajstić information content (AvgIpc) is 2.36. The van der Waals surface area contributed by atoms with E-state index in [-0.39, 0.29) is 31.0 Å². The van der Waals surface area contributed by atoms with Gasteiger partial charge in [-0.3, -0.25) is 4.79 Å². The van der Waals surface area contributed by atoms with Gasteiger partial charge in [-0.1, -0.05) is 38.1 Å². The molecule has 0 aliphatic carbocycles. The number of rotatable bonds is 6. The second-order valence-corrected chi connectivity index (χ2v) is 4.66. The summed E-state index contributed by atoms with van der Waals surface area (Å²) in [5, 5.41) is 2.73. The van der Waals surface area contributed by atoms with Gasteiger partial charge in [0.25, 0.3) is 0 Å². The van der Waals surface area contributed by atoms with Crippen molar-refractivity contribution in [2.75, 3.05) is 20.3 Å². The molecule has 0 spiro atoms. The fourth-order valence-electron chi connectivity index (χ4n) is 1.65. The van der Waals surface area contributed by atoms with Crippen molar-refractivity contribution in [3.8, 4) is 0 Å². The molecule has 3 N–H and O–H groups in total. The lowest BCUT2D eigenvalue weighted by atomic mass is 9.99. The Balaban J connectivity index is 0.00000324. The molecule has 1 aromatic carbocycles. The molecule has 0 fully saturated rings. The third-order valence-electron chi connectivity index (χ3n) is 2.83. The highest BCUT2D eigenvalue weighted by molar-refractivity contribution is 5.85. The molecule has 1 rings (SSSR count). The van der Waals surface area contributed by atoms with Crippen molar-refractivity contribution in [1.82, 2.24) is 5.32 Å². The fraction of sp³-hybridized carbons (Fsp3) is 0.500. The zero-order valence-electron chi connectivity index (χ0n) is 11.7. The third-order valence-corrected chi connectivity index (χ3v) is 2.83. The van der Waals surface area contributed by atoms with Gasteiger partial charge in [-0.2, -0.15) is 0 Å². The van der Waals surface area contributed by atoms with Crippen LogP contribution in [0.25, 0.3) is 0 Å². The van der Waals surface area contributed by atoms with Crippen molar-refractivity contribution in [2.24, 2.45) is 5.73 Å². The number of carbonyl (C=O) groups is 1. The van der Waals surface area contributed by atoms with E-state index in [1.807, 2.05) is 12.1 Å². The molecule has 1 atom stereocenters. The molecule has 4 nitrogen and oxygen atoms in total. The van der Waals surface area contributed by atoms with E-state index in [9.17, 15) is 4.79 Å². The van der Waals surface area contributed by atoms with Gasteiger partial charge in [-0.05, 0) is 17.0 Å². The van der Waals surface area contributed by atoms with Gasteiger partial charge in [0, 0.05) is 19.7 Å². The molecular formula is C14H23ClN2O2. The lowest BCUT2D eigenvalue weighted by Gasteiger charge is -2.14. The Morgan fingerprint density at radius 2 is 1.79 bits per heavy atom. The van der Waals surface area contributed by atoms with Crippen LogP contribution >= 0.6 is 12.4 Å². The molecule has 0 aromatic heterocycles. The van der Waals surface area contributed by atoms with Gasteiger partial charge >= 0.3 is 0 Å². The van der Waals surface area contributed by atoms with Crippen LogP contribution in [0, 0.1) is 0 Å². The fourth-order valence-corrected chi connectivity index (χ4v) is 1.65. The van der Waals surface area contributed by atoms with Crippen LogP contribution in [0.5, 0.6) is 0 Å². The molecule has 0 aliphatic heterocycles. The Bertz CT molecular complexity index is 380. The van der Waals surface area contributed by atoms with Crippen molar-refractivity contribution in [1.29, 1.82) is 0 Å². The number of hydrogen-bond acceptors (Lipinski definition) is 3. The van der Waals surface area contributed by atoms with Crippen LogP contribution in [0.1, 0.15) is 36.9 Å². The zero-order valence-corrected chi connectivity index (χ0v) is 12.5. The van der Waals surface area contributed by atoms with E-state index in [1.54, 1.807) is 0 Å². The maximum atomic E-state index is 11.2. The minimum Gasteiger partial charge on any atom is -0.375 e. The summed E-state index contributed by atoms with van der Waals surface area (Å²) >= 11 is 0. The summed E-state index contributed by atoms with van der Waals surface area (Å²) in [6.45, 7) is 4.79. The molecule has 1 amide bonds. The molecule has 108 valence electrons. The molecule has 0 radical (unpaired) electrons. The number of amides is 1. The Morgan fingerprint density at radius 3 is 2.26 bits per heavy atom. The number of ether oxygens (including phenoxy) is 1. The average molecular weight is 287 g/mol. The number of hydrogen-bond donors (Lipinski definition) is 2. The number of halogens is 1. The Labute approximate surface area is 121 Å². The summed E-state index contributed by atoms with van der Waals surface area (Å²) in [5.74, 6) is 0.364. The van der Waals surface area contributed by atoms with Crippen molar-refractivity contribution in [3.63, 3.8) is 0 Å². The molecule has 0 saturated heterocycles. The second-order valence-electron chi connectivity index (χ2n) is 4.66. The van der Waals surface area contributed by atoms with Crippen LogP contribution in [-0.2, 0) is 9.53 Å². The minimum atomic E-state index is -0.188. The number of benzene rings is 1. The van der Waals surface area contributed by atoms with E-state index < -0.39 is 0 Å². The predicted octanol–water partition coefficient (Wildman–Crippen LogP) is 1.99. The van der Waals surface area contributed by atoms with E-state index in [0.717, 1.165) is 5.56 Å². The maximum Gasteiger partial charge on any atom is 0.246 e. The molecule has 19 heavy (non-hydrogen) atoms. The second kappa shape index (κ2) is 8.91. The van der Waals surface area contributed by atoms with Crippen LogP contribution in [0.4, 0.5) is 0 Å². The van der Waals surface area contributed by atoms with Gasteiger partial charge in [0.1, 0.15) is 6.61 Å². The Kier molecular flexibility index (Phi) is 8.39. The van der Waals surface area contributed by atoms with E-state index in [4.69, 9.17) is 10.5 Å². The quantitative estimate of drug-likeness (QED) is 0.841. The number of nitrogens with two attached hydrogens (primary N) is 1. The standard InChI is InChI=1S/C14H22N2O2.ClH/c1-10(2)11-4-6-12(7-5-11)13(15)8-16-14(17)9-18-3;/h4-7,10,13H,8-9,15H2,1-3H3,(H,16,17);1H. The number of nitrogens with one attached hydrogen (secondary N) is 1. The highest BCUT2D eigenvalue weighted by Gasteiger charge is 2.08. The monoisotopic (exact) mass is 286 g/mol. The normalized spacial score (nSPS) is 11.8. The van der Waals surface area contributed by atoms with E-state index in [0.29, 0.717) is 12.5 Å². The molecule has 0 heterocycles. The molecule has 1 unspecified atom stereocenters. The highest BCUT2D eigenvalue weighted by atomic mass is 35.5. The van der Waals surface area contributed by atoms with E-state index in [1.165, 1.54) is 12.7 Å². The van der Waals surface area contributed by atoms with E-state index in [2.05, 4.69) is 31.3 Å². The first-order valence-corrected chi connectivity index (χ1v) is 6.15. The van der Waals surface area contributed by atoms with E-state index >= 15 is 0 Å². The molecular weight excluding hydrogens is 264 g/mol. The molecule has 5 heteroatoms. The number of methoxy groups -OCH3 is 1. The highest BCUT2D eigenvalue weighted by Crippen LogP contribution is 2.17. The van der Waals surface area contributed by atoms with Crippen molar-refractivity contribution < 1.29 is 9.53 Å². The van der Waals surface area contributed by atoms with Crippen LogP contribution in [-0.4, -0.2) is 26.2 Å². The molecule has 0 aliphatic rings. The van der Waals surface area contributed by atoms with Crippen LogP contribution in [0.3, 0.4) is 0 Å². The number of carbonyl (C=O) groups excluding carboxylic acids is 1. The summed E-state index contributed by atoms with van der Waals surface area (Å²) < 4.78 is 4.73. The van der Waals surface area contributed by atoms with Crippen molar-refractivity contribution in [2.45, 2.75) is 25.8 Å². The topological polar surface area (TPSA) is 64.3 Å². The maximum absolute atomic E-state index is 11.2. The van der Waals surface area contributed by atoms with Crippen molar-refractivity contribution in [3.05, 3.63) is 35.4 Å².